The van der Waals surface area contributed by atoms with Crippen LogP contribution in [0.3, 0.4) is 0 Å². The molecule has 1 amide bonds. The van der Waals surface area contributed by atoms with E-state index in [-0.39, 0.29) is 30.0 Å². The normalized spacial score (nSPS) is 39.1. The van der Waals surface area contributed by atoms with Gasteiger partial charge in [-0.1, -0.05) is 19.3 Å². The molecule has 6 unspecified atom stereocenters. The second kappa shape index (κ2) is 12.7. The highest BCUT2D eigenvalue weighted by Crippen LogP contribution is 2.36. The third kappa shape index (κ3) is 6.72. The first-order valence-electron chi connectivity index (χ1n) is 14.0. The van der Waals surface area contributed by atoms with Gasteiger partial charge in [0.25, 0.3) is 0 Å². The molecule has 3 N–H and O–H groups in total. The predicted octanol–water partition coefficient (Wildman–Crippen LogP) is 3.28. The van der Waals surface area contributed by atoms with E-state index >= 15 is 0 Å². The molecule has 1 saturated heterocycles. The van der Waals surface area contributed by atoms with Gasteiger partial charge < -0.3 is 25.4 Å². The SMILES string of the molecule is CCOC1CC2NCC(C#N)C(NC3CCC(OCC4CCCCC4)CC3)C2CC1NC(C)=O. The van der Waals surface area contributed by atoms with Crippen molar-refractivity contribution in [3.63, 3.8) is 0 Å². The predicted molar refractivity (Wildman–Crippen MR) is 132 cm³/mol. The maximum absolute atomic E-state index is 11.9. The number of nitrogens with zero attached hydrogens (tertiary/aromatic N) is 1. The van der Waals surface area contributed by atoms with Crippen LogP contribution in [0.2, 0.25) is 0 Å². The number of carbonyl (C=O) groups excluding carboxylic acids is 1. The molecule has 7 nitrogen and oxygen atoms in total. The van der Waals surface area contributed by atoms with E-state index in [1.54, 1.807) is 6.92 Å². The Hall–Kier alpha value is -1.20. The topological polar surface area (TPSA) is 95.4 Å². The van der Waals surface area contributed by atoms with Crippen LogP contribution >= 0.6 is 0 Å². The van der Waals surface area contributed by atoms with Crippen molar-refractivity contribution in [2.24, 2.45) is 17.8 Å². The molecule has 6 atom stereocenters. The highest BCUT2D eigenvalue weighted by molar-refractivity contribution is 5.73. The van der Waals surface area contributed by atoms with Crippen molar-refractivity contribution in [2.45, 2.75) is 121 Å². The highest BCUT2D eigenvalue weighted by atomic mass is 16.5. The van der Waals surface area contributed by atoms with E-state index in [1.165, 1.54) is 32.1 Å². The van der Waals surface area contributed by atoms with E-state index in [9.17, 15) is 10.1 Å². The first-order valence-corrected chi connectivity index (χ1v) is 14.0. The van der Waals surface area contributed by atoms with Crippen LogP contribution in [0, 0.1) is 29.1 Å². The Morgan fingerprint density at radius 2 is 1.82 bits per heavy atom. The van der Waals surface area contributed by atoms with Gasteiger partial charge >= 0.3 is 0 Å². The molecule has 1 heterocycles. The fraction of sp³-hybridized carbons (Fsp3) is 0.926. The minimum Gasteiger partial charge on any atom is -0.378 e. The molecule has 4 fully saturated rings. The molecule has 192 valence electrons. The van der Waals surface area contributed by atoms with Crippen LogP contribution < -0.4 is 16.0 Å². The van der Waals surface area contributed by atoms with E-state index in [1.807, 2.05) is 6.92 Å². The largest absolute Gasteiger partial charge is 0.378 e. The third-order valence-electron chi connectivity index (χ3n) is 8.80. The van der Waals surface area contributed by atoms with Crippen molar-refractivity contribution in [3.8, 4) is 6.07 Å². The van der Waals surface area contributed by atoms with Gasteiger partial charge in [0, 0.05) is 44.8 Å². The van der Waals surface area contributed by atoms with Crippen LogP contribution in [0.1, 0.15) is 84.5 Å². The van der Waals surface area contributed by atoms with E-state index < -0.39 is 0 Å². The summed E-state index contributed by atoms with van der Waals surface area (Å²) in [6.07, 6.45) is 13.4. The molecule has 0 radical (unpaired) electrons. The Balaban J connectivity index is 1.31. The number of piperidine rings is 1. The first kappa shape index (κ1) is 25.9. The Morgan fingerprint density at radius 3 is 2.50 bits per heavy atom. The van der Waals surface area contributed by atoms with E-state index in [4.69, 9.17) is 9.47 Å². The van der Waals surface area contributed by atoms with Crippen LogP contribution in [0.4, 0.5) is 0 Å². The quantitative estimate of drug-likeness (QED) is 0.500. The standard InChI is InChI=1S/C27H46N4O3/c1-3-33-26-14-24-23(13-25(26)30-18(2)32)27(20(15-28)16-29-24)31-21-9-11-22(12-10-21)34-17-19-7-5-4-6-8-19/h19-27,29,31H,3-14,16-17H2,1-2H3,(H,30,32). The van der Waals surface area contributed by atoms with Crippen LogP contribution in [-0.2, 0) is 14.3 Å². The van der Waals surface area contributed by atoms with Gasteiger partial charge in [-0.2, -0.15) is 5.26 Å². The molecule has 0 bridgehead atoms. The monoisotopic (exact) mass is 474 g/mol. The lowest BCUT2D eigenvalue weighted by molar-refractivity contribution is -0.122. The van der Waals surface area contributed by atoms with Crippen LogP contribution in [0.15, 0.2) is 0 Å². The Kier molecular flexibility index (Phi) is 9.64. The molecule has 0 spiro atoms. The van der Waals surface area contributed by atoms with Crippen molar-refractivity contribution in [1.29, 1.82) is 5.26 Å². The Bertz CT molecular complexity index is 684. The molecule has 4 aliphatic rings. The minimum absolute atomic E-state index is 0.00571. The molecular weight excluding hydrogens is 428 g/mol. The molecule has 34 heavy (non-hydrogen) atoms. The van der Waals surface area contributed by atoms with Crippen LogP contribution in [-0.4, -0.2) is 62.0 Å². The number of fused-ring (bicyclic) bond motifs is 1. The fourth-order valence-electron chi connectivity index (χ4n) is 7.01. The fourth-order valence-corrected chi connectivity index (χ4v) is 7.01. The average molecular weight is 475 g/mol. The molecule has 1 aliphatic heterocycles. The van der Waals surface area contributed by atoms with Gasteiger partial charge in [-0.15, -0.1) is 0 Å². The summed E-state index contributed by atoms with van der Waals surface area (Å²) in [7, 11) is 0. The van der Waals surface area contributed by atoms with Gasteiger partial charge in [0.2, 0.25) is 5.91 Å². The highest BCUT2D eigenvalue weighted by Gasteiger charge is 2.47. The number of hydrogen-bond acceptors (Lipinski definition) is 6. The lowest BCUT2D eigenvalue weighted by Gasteiger charge is -2.50. The number of ether oxygens (including phenoxy) is 2. The van der Waals surface area contributed by atoms with Gasteiger partial charge in [-0.05, 0) is 70.1 Å². The van der Waals surface area contributed by atoms with E-state index in [2.05, 4.69) is 22.0 Å². The Labute approximate surface area is 206 Å². The molecule has 7 heteroatoms. The number of carbonyl (C=O) groups is 1. The maximum Gasteiger partial charge on any atom is 0.217 e. The number of hydrogen-bond donors (Lipinski definition) is 3. The molecule has 0 aromatic carbocycles. The zero-order valence-corrected chi connectivity index (χ0v) is 21.3. The smallest absolute Gasteiger partial charge is 0.217 e. The molecule has 3 saturated carbocycles. The maximum atomic E-state index is 11.9. The summed E-state index contributed by atoms with van der Waals surface area (Å²) >= 11 is 0. The van der Waals surface area contributed by atoms with Crippen LogP contribution in [0.25, 0.3) is 0 Å². The van der Waals surface area contributed by atoms with Gasteiger partial charge in [0.15, 0.2) is 0 Å². The van der Waals surface area contributed by atoms with Crippen LogP contribution in [0.5, 0.6) is 0 Å². The van der Waals surface area contributed by atoms with E-state index in [0.29, 0.717) is 30.7 Å². The number of amides is 1. The summed E-state index contributed by atoms with van der Waals surface area (Å²) < 4.78 is 12.3. The molecule has 3 aliphatic carbocycles. The Morgan fingerprint density at radius 1 is 1.06 bits per heavy atom. The third-order valence-corrected chi connectivity index (χ3v) is 8.80. The lowest BCUT2D eigenvalue weighted by Crippen LogP contribution is -2.66. The van der Waals surface area contributed by atoms with Crippen molar-refractivity contribution in [2.75, 3.05) is 19.8 Å². The zero-order chi connectivity index (χ0) is 23.9. The van der Waals surface area contributed by atoms with Crippen molar-refractivity contribution < 1.29 is 14.3 Å². The number of rotatable bonds is 8. The van der Waals surface area contributed by atoms with Gasteiger partial charge in [-0.25, -0.2) is 0 Å². The zero-order valence-electron chi connectivity index (χ0n) is 21.3. The van der Waals surface area contributed by atoms with E-state index in [0.717, 1.165) is 57.6 Å². The molecule has 4 rings (SSSR count). The summed E-state index contributed by atoms with van der Waals surface area (Å²) in [5.41, 5.74) is 0. The number of nitrogens with one attached hydrogen (secondary N) is 3. The second-order valence-electron chi connectivity index (χ2n) is 11.2. The molecular formula is C27H46N4O3. The van der Waals surface area contributed by atoms with Crippen molar-refractivity contribution in [1.82, 2.24) is 16.0 Å². The molecule has 0 aromatic heterocycles. The summed E-state index contributed by atoms with van der Waals surface area (Å²) in [6, 6.07) is 3.48. The second-order valence-corrected chi connectivity index (χ2v) is 11.2. The minimum atomic E-state index is -0.0526. The van der Waals surface area contributed by atoms with Crippen molar-refractivity contribution in [3.05, 3.63) is 0 Å². The average Bonchev–Trinajstić information content (AvgIpc) is 2.85. The summed E-state index contributed by atoms with van der Waals surface area (Å²) in [6.45, 7) is 5.90. The number of nitriles is 1. The summed E-state index contributed by atoms with van der Waals surface area (Å²) in [4.78, 5) is 11.9. The lowest BCUT2D eigenvalue weighted by atomic mass is 9.69. The first-order chi connectivity index (χ1) is 16.6. The summed E-state index contributed by atoms with van der Waals surface area (Å²) in [5, 5.41) is 20.6. The van der Waals surface area contributed by atoms with Gasteiger partial charge in [0.05, 0.1) is 30.2 Å². The van der Waals surface area contributed by atoms with Gasteiger partial charge in [0.1, 0.15) is 0 Å². The van der Waals surface area contributed by atoms with Crippen molar-refractivity contribution >= 4 is 5.91 Å². The summed E-state index contributed by atoms with van der Waals surface area (Å²) in [5.74, 6) is 1.02. The van der Waals surface area contributed by atoms with Gasteiger partial charge in [-0.3, -0.25) is 4.79 Å². The molecule has 0 aromatic rings.